The number of alkyl halides is 3. The summed E-state index contributed by atoms with van der Waals surface area (Å²) >= 11 is 0. The summed E-state index contributed by atoms with van der Waals surface area (Å²) in [7, 11) is 2.35. The van der Waals surface area contributed by atoms with E-state index < -0.39 is 17.5 Å². The molecule has 0 amide bonds. The van der Waals surface area contributed by atoms with Crippen LogP contribution in [0.15, 0.2) is 12.3 Å². The lowest BCUT2D eigenvalue weighted by Gasteiger charge is -2.11. The van der Waals surface area contributed by atoms with Crippen molar-refractivity contribution < 1.29 is 27.4 Å². The van der Waals surface area contributed by atoms with Gasteiger partial charge in [-0.3, -0.25) is 4.79 Å². The number of carbonyl (C=O) groups is 1. The number of pyridine rings is 1. The number of methoxy groups -OCH3 is 2. The zero-order chi connectivity index (χ0) is 12.3. The highest BCUT2D eigenvalue weighted by Crippen LogP contribution is 2.32. The second-order valence-corrected chi connectivity index (χ2v) is 2.73. The zero-order valence-corrected chi connectivity index (χ0v) is 8.46. The zero-order valence-electron chi connectivity index (χ0n) is 8.46. The van der Waals surface area contributed by atoms with Crippen LogP contribution in [-0.2, 0) is 0 Å². The van der Waals surface area contributed by atoms with E-state index in [0.717, 1.165) is 19.4 Å². The molecule has 0 saturated heterocycles. The first-order valence-corrected chi connectivity index (χ1v) is 4.10. The van der Waals surface area contributed by atoms with E-state index in [0.29, 0.717) is 0 Å². The topological polar surface area (TPSA) is 48.4 Å². The van der Waals surface area contributed by atoms with Crippen LogP contribution < -0.4 is 9.47 Å². The molecule has 0 spiro atoms. The maximum absolute atomic E-state index is 12.2. The van der Waals surface area contributed by atoms with Gasteiger partial charge in [0.15, 0.2) is 5.75 Å². The number of rotatable bonds is 3. The summed E-state index contributed by atoms with van der Waals surface area (Å²) in [5, 5.41) is 0. The molecule has 0 aliphatic heterocycles. The number of ether oxygens (including phenoxy) is 2. The van der Waals surface area contributed by atoms with Gasteiger partial charge in [0.2, 0.25) is 0 Å². The maximum Gasteiger partial charge on any atom is 0.455 e. The molecule has 1 rings (SSSR count). The van der Waals surface area contributed by atoms with Crippen molar-refractivity contribution in [1.29, 1.82) is 0 Å². The third-order valence-corrected chi connectivity index (χ3v) is 1.77. The van der Waals surface area contributed by atoms with Crippen LogP contribution in [0.2, 0.25) is 0 Å². The number of carbonyl (C=O) groups excluding carboxylic acids is 1. The molecule has 0 saturated carbocycles. The van der Waals surface area contributed by atoms with E-state index in [2.05, 4.69) is 14.5 Å². The minimum Gasteiger partial charge on any atom is -0.491 e. The lowest BCUT2D eigenvalue weighted by Crippen LogP contribution is -2.23. The molecule has 0 atom stereocenters. The van der Waals surface area contributed by atoms with Crippen molar-refractivity contribution in [1.82, 2.24) is 4.98 Å². The van der Waals surface area contributed by atoms with Gasteiger partial charge in [0.1, 0.15) is 0 Å². The van der Waals surface area contributed by atoms with Crippen molar-refractivity contribution in [2.24, 2.45) is 0 Å². The van der Waals surface area contributed by atoms with Gasteiger partial charge in [-0.15, -0.1) is 0 Å². The van der Waals surface area contributed by atoms with Crippen LogP contribution in [-0.4, -0.2) is 31.2 Å². The Balaban J connectivity index is 3.29. The lowest BCUT2D eigenvalue weighted by molar-refractivity contribution is -0.0886. The average Bonchev–Trinajstić information content (AvgIpc) is 2.25. The standard InChI is InChI=1S/C9H8F3NO3/c1-15-6-5(7(14)9(10,11)12)3-4-13-8(6)16-2/h3-4H,1-2H3. The first-order chi connectivity index (χ1) is 7.41. The molecule has 4 nitrogen and oxygen atoms in total. The number of Topliss-reactive ketones (excluding diaryl/α,β-unsaturated/α-hetero) is 1. The molecule has 0 unspecified atom stereocenters. The summed E-state index contributed by atoms with van der Waals surface area (Å²) in [6.45, 7) is 0. The highest BCUT2D eigenvalue weighted by Gasteiger charge is 2.41. The molecule has 1 aromatic heterocycles. The number of halogens is 3. The normalized spacial score (nSPS) is 11.1. The lowest BCUT2D eigenvalue weighted by atomic mass is 10.1. The first kappa shape index (κ1) is 12.3. The van der Waals surface area contributed by atoms with Gasteiger partial charge in [0.05, 0.1) is 19.8 Å². The van der Waals surface area contributed by atoms with E-state index in [-0.39, 0.29) is 11.6 Å². The monoisotopic (exact) mass is 235 g/mol. The second kappa shape index (κ2) is 4.38. The van der Waals surface area contributed by atoms with Gasteiger partial charge in [-0.05, 0) is 6.07 Å². The fourth-order valence-electron chi connectivity index (χ4n) is 1.10. The Bertz CT molecular complexity index is 403. The van der Waals surface area contributed by atoms with E-state index in [1.165, 1.54) is 7.11 Å². The summed E-state index contributed by atoms with van der Waals surface area (Å²) < 4.78 is 46.0. The molecule has 0 aromatic carbocycles. The number of aromatic nitrogens is 1. The van der Waals surface area contributed by atoms with E-state index in [1.807, 2.05) is 0 Å². The van der Waals surface area contributed by atoms with Crippen LogP contribution in [0.4, 0.5) is 13.2 Å². The van der Waals surface area contributed by atoms with Gasteiger partial charge in [-0.2, -0.15) is 13.2 Å². The van der Waals surface area contributed by atoms with Gasteiger partial charge in [0, 0.05) is 6.20 Å². The third kappa shape index (κ3) is 2.23. The second-order valence-electron chi connectivity index (χ2n) is 2.73. The molecule has 1 heterocycles. The van der Waals surface area contributed by atoms with Crippen molar-refractivity contribution in [2.75, 3.05) is 14.2 Å². The first-order valence-electron chi connectivity index (χ1n) is 4.10. The largest absolute Gasteiger partial charge is 0.491 e. The summed E-state index contributed by atoms with van der Waals surface area (Å²) in [5.74, 6) is -2.49. The van der Waals surface area contributed by atoms with Crippen molar-refractivity contribution in [3.8, 4) is 11.6 Å². The Morgan fingerprint density at radius 2 is 1.94 bits per heavy atom. The maximum atomic E-state index is 12.2. The smallest absolute Gasteiger partial charge is 0.455 e. The highest BCUT2D eigenvalue weighted by atomic mass is 19.4. The molecule has 16 heavy (non-hydrogen) atoms. The number of hydrogen-bond donors (Lipinski definition) is 0. The van der Waals surface area contributed by atoms with Crippen LogP contribution in [0.1, 0.15) is 10.4 Å². The predicted molar refractivity (Wildman–Crippen MR) is 47.7 cm³/mol. The molecule has 88 valence electrons. The molecular weight excluding hydrogens is 227 g/mol. The molecule has 0 bridgehead atoms. The highest BCUT2D eigenvalue weighted by molar-refractivity contribution is 6.02. The van der Waals surface area contributed by atoms with Crippen molar-refractivity contribution in [3.63, 3.8) is 0 Å². The van der Waals surface area contributed by atoms with Crippen LogP contribution in [0, 0.1) is 0 Å². The molecule has 0 radical (unpaired) electrons. The summed E-state index contributed by atoms with van der Waals surface area (Å²) in [4.78, 5) is 14.7. The minimum atomic E-state index is -4.96. The van der Waals surface area contributed by atoms with Gasteiger partial charge in [0.25, 0.3) is 11.7 Å². The van der Waals surface area contributed by atoms with Gasteiger partial charge in [-0.1, -0.05) is 0 Å². The van der Waals surface area contributed by atoms with Gasteiger partial charge < -0.3 is 9.47 Å². The number of hydrogen-bond acceptors (Lipinski definition) is 4. The molecule has 0 N–H and O–H groups in total. The number of nitrogens with zero attached hydrogens (tertiary/aromatic N) is 1. The minimum absolute atomic E-state index is 0.169. The van der Waals surface area contributed by atoms with Crippen LogP contribution >= 0.6 is 0 Å². The van der Waals surface area contributed by atoms with E-state index in [4.69, 9.17) is 0 Å². The van der Waals surface area contributed by atoms with Gasteiger partial charge >= 0.3 is 6.18 Å². The Labute approximate surface area is 89.0 Å². The summed E-state index contributed by atoms with van der Waals surface area (Å²) in [6.07, 6.45) is -3.92. The van der Waals surface area contributed by atoms with E-state index in [9.17, 15) is 18.0 Å². The fraction of sp³-hybridized carbons (Fsp3) is 0.333. The summed E-state index contributed by atoms with van der Waals surface area (Å²) in [6, 6.07) is 0.928. The summed E-state index contributed by atoms with van der Waals surface area (Å²) in [5.41, 5.74) is -0.623. The van der Waals surface area contributed by atoms with E-state index in [1.54, 1.807) is 0 Å². The van der Waals surface area contributed by atoms with Crippen LogP contribution in [0.25, 0.3) is 0 Å². The average molecular weight is 235 g/mol. The SMILES string of the molecule is COc1nccc(C(=O)C(F)(F)F)c1OC. The van der Waals surface area contributed by atoms with E-state index >= 15 is 0 Å². The molecule has 0 fully saturated rings. The third-order valence-electron chi connectivity index (χ3n) is 1.77. The molecule has 7 heteroatoms. The fourth-order valence-corrected chi connectivity index (χ4v) is 1.10. The van der Waals surface area contributed by atoms with Crippen molar-refractivity contribution in [3.05, 3.63) is 17.8 Å². The Morgan fingerprint density at radius 3 is 2.38 bits per heavy atom. The molecule has 0 aliphatic rings. The van der Waals surface area contributed by atoms with Crippen molar-refractivity contribution >= 4 is 5.78 Å². The van der Waals surface area contributed by atoms with Crippen LogP contribution in [0.5, 0.6) is 11.6 Å². The predicted octanol–water partition coefficient (Wildman–Crippen LogP) is 1.84. The Morgan fingerprint density at radius 1 is 1.31 bits per heavy atom. The van der Waals surface area contributed by atoms with Crippen molar-refractivity contribution in [2.45, 2.75) is 6.18 Å². The molecule has 0 aliphatic carbocycles. The quantitative estimate of drug-likeness (QED) is 0.750. The Hall–Kier alpha value is -1.79. The number of ketones is 1. The molecular formula is C9H8F3NO3. The van der Waals surface area contributed by atoms with Crippen LogP contribution in [0.3, 0.4) is 0 Å². The van der Waals surface area contributed by atoms with Gasteiger partial charge in [-0.25, -0.2) is 4.98 Å². The molecule has 1 aromatic rings. The Kier molecular flexibility index (Phi) is 3.36.